The van der Waals surface area contributed by atoms with E-state index in [1.165, 1.54) is 25.0 Å². The third kappa shape index (κ3) is 2.37. The molecule has 0 aliphatic heterocycles. The third-order valence-corrected chi connectivity index (χ3v) is 3.00. The van der Waals surface area contributed by atoms with Crippen molar-refractivity contribution in [3.05, 3.63) is 18.0 Å². The average molecular weight is 208 g/mol. The van der Waals surface area contributed by atoms with Crippen LogP contribution in [0.1, 0.15) is 43.8 Å². The van der Waals surface area contributed by atoms with E-state index in [4.69, 9.17) is 5.11 Å². The lowest BCUT2D eigenvalue weighted by Gasteiger charge is -2.27. The van der Waals surface area contributed by atoms with Crippen LogP contribution in [0.3, 0.4) is 0 Å². The monoisotopic (exact) mass is 208 g/mol. The fourth-order valence-electron chi connectivity index (χ4n) is 1.92. The lowest BCUT2D eigenvalue weighted by molar-refractivity contribution is -0.137. The van der Waals surface area contributed by atoms with E-state index in [1.54, 1.807) is 0 Å². The van der Waals surface area contributed by atoms with Gasteiger partial charge in [0.25, 0.3) is 0 Å². The van der Waals surface area contributed by atoms with Gasteiger partial charge in [-0.3, -0.25) is 9.48 Å². The van der Waals surface area contributed by atoms with Crippen molar-refractivity contribution in [1.82, 2.24) is 9.78 Å². The summed E-state index contributed by atoms with van der Waals surface area (Å²) in [7, 11) is 0. The van der Waals surface area contributed by atoms with Crippen molar-refractivity contribution in [2.75, 3.05) is 0 Å². The Morgan fingerprint density at radius 1 is 1.60 bits per heavy atom. The fraction of sp³-hybridized carbons (Fsp3) is 0.636. The maximum atomic E-state index is 10.4. The molecule has 0 atom stereocenters. The number of carboxylic acid groups (broad SMARTS) is 1. The summed E-state index contributed by atoms with van der Waals surface area (Å²) in [5.41, 5.74) is 1.18. The Morgan fingerprint density at radius 2 is 2.40 bits per heavy atom. The van der Waals surface area contributed by atoms with Gasteiger partial charge < -0.3 is 5.11 Å². The summed E-state index contributed by atoms with van der Waals surface area (Å²) < 4.78 is 2.07. The Kier molecular flexibility index (Phi) is 3.04. The predicted molar refractivity (Wildman–Crippen MR) is 55.7 cm³/mol. The molecule has 0 bridgehead atoms. The van der Waals surface area contributed by atoms with Crippen molar-refractivity contribution in [3.63, 3.8) is 0 Å². The number of aliphatic carboxylic acids is 1. The van der Waals surface area contributed by atoms with Gasteiger partial charge in [-0.05, 0) is 38.2 Å². The molecule has 1 saturated carbocycles. The van der Waals surface area contributed by atoms with E-state index in [2.05, 4.69) is 9.78 Å². The molecule has 4 nitrogen and oxygen atoms in total. The van der Waals surface area contributed by atoms with Crippen LogP contribution in [-0.4, -0.2) is 20.9 Å². The summed E-state index contributed by atoms with van der Waals surface area (Å²) in [5, 5.41) is 12.9. The topological polar surface area (TPSA) is 55.1 Å². The van der Waals surface area contributed by atoms with Crippen LogP contribution in [0.15, 0.2) is 12.3 Å². The van der Waals surface area contributed by atoms with Crippen LogP contribution in [-0.2, 0) is 11.2 Å². The highest BCUT2D eigenvalue weighted by Gasteiger charge is 2.21. The molecule has 1 fully saturated rings. The van der Waals surface area contributed by atoms with Crippen molar-refractivity contribution in [1.29, 1.82) is 0 Å². The second kappa shape index (κ2) is 4.47. The second-order valence-electron chi connectivity index (χ2n) is 4.10. The van der Waals surface area contributed by atoms with E-state index in [-0.39, 0.29) is 6.42 Å². The van der Waals surface area contributed by atoms with Gasteiger partial charge in [-0.25, -0.2) is 0 Å². The second-order valence-corrected chi connectivity index (χ2v) is 4.10. The molecule has 0 spiro atoms. The van der Waals surface area contributed by atoms with Gasteiger partial charge in [0.2, 0.25) is 0 Å². The highest BCUT2D eigenvalue weighted by Crippen LogP contribution is 2.31. The van der Waals surface area contributed by atoms with E-state index < -0.39 is 5.97 Å². The van der Waals surface area contributed by atoms with Gasteiger partial charge in [-0.15, -0.1) is 0 Å². The largest absolute Gasteiger partial charge is 0.481 e. The molecule has 82 valence electrons. The number of rotatable bonds is 5. The summed E-state index contributed by atoms with van der Waals surface area (Å²) in [5.74, 6) is -0.718. The molecule has 0 amide bonds. The molecule has 0 saturated heterocycles. The first-order valence-electron chi connectivity index (χ1n) is 5.51. The number of carboxylic acids is 1. The van der Waals surface area contributed by atoms with E-state index in [0.29, 0.717) is 12.5 Å². The van der Waals surface area contributed by atoms with Gasteiger partial charge in [0.15, 0.2) is 0 Å². The van der Waals surface area contributed by atoms with Crippen LogP contribution in [0, 0.1) is 0 Å². The number of aryl methyl sites for hydroxylation is 1. The standard InChI is InChI=1S/C11H16N2O2/c14-11(15)6-2-5-10-7-8-12-13(10)9-3-1-4-9/h7-9H,1-6H2,(H,14,15). The van der Waals surface area contributed by atoms with Crippen molar-refractivity contribution in [2.24, 2.45) is 0 Å². The van der Waals surface area contributed by atoms with Crippen molar-refractivity contribution in [3.8, 4) is 0 Å². The maximum Gasteiger partial charge on any atom is 0.303 e. The van der Waals surface area contributed by atoms with Crippen LogP contribution >= 0.6 is 0 Å². The molecule has 1 aliphatic rings. The number of aromatic nitrogens is 2. The Labute approximate surface area is 88.9 Å². The van der Waals surface area contributed by atoms with Gasteiger partial charge in [0.05, 0.1) is 6.04 Å². The minimum absolute atomic E-state index is 0.246. The Morgan fingerprint density at radius 3 is 3.00 bits per heavy atom. The van der Waals surface area contributed by atoms with Crippen LogP contribution in [0.5, 0.6) is 0 Å². The van der Waals surface area contributed by atoms with E-state index in [1.807, 2.05) is 12.3 Å². The van der Waals surface area contributed by atoms with Crippen LogP contribution in [0.2, 0.25) is 0 Å². The number of carbonyl (C=O) groups is 1. The molecule has 1 N–H and O–H groups in total. The molecule has 0 unspecified atom stereocenters. The first-order valence-corrected chi connectivity index (χ1v) is 5.51. The summed E-state index contributed by atoms with van der Waals surface area (Å²) in [6.07, 6.45) is 7.31. The first kappa shape index (κ1) is 10.2. The summed E-state index contributed by atoms with van der Waals surface area (Å²) in [4.78, 5) is 10.4. The molecule has 0 aromatic carbocycles. The van der Waals surface area contributed by atoms with Gasteiger partial charge in [-0.2, -0.15) is 5.10 Å². The summed E-state index contributed by atoms with van der Waals surface area (Å²) in [6.45, 7) is 0. The maximum absolute atomic E-state index is 10.4. The van der Waals surface area contributed by atoms with Crippen molar-refractivity contribution in [2.45, 2.75) is 44.6 Å². The van der Waals surface area contributed by atoms with Gasteiger partial charge >= 0.3 is 5.97 Å². The lowest BCUT2D eigenvalue weighted by Crippen LogP contribution is -2.20. The van der Waals surface area contributed by atoms with E-state index >= 15 is 0 Å². The molecule has 0 radical (unpaired) electrons. The SMILES string of the molecule is O=C(O)CCCc1ccnn1C1CCC1. The van der Waals surface area contributed by atoms with Crippen LogP contribution in [0.4, 0.5) is 0 Å². The smallest absolute Gasteiger partial charge is 0.303 e. The molecule has 15 heavy (non-hydrogen) atoms. The lowest BCUT2D eigenvalue weighted by atomic mass is 9.93. The number of hydrogen-bond donors (Lipinski definition) is 1. The van der Waals surface area contributed by atoms with Crippen LogP contribution < -0.4 is 0 Å². The third-order valence-electron chi connectivity index (χ3n) is 3.00. The zero-order valence-electron chi connectivity index (χ0n) is 8.72. The normalized spacial score (nSPS) is 16.3. The molecule has 4 heteroatoms. The Balaban J connectivity index is 1.89. The summed E-state index contributed by atoms with van der Waals surface area (Å²) in [6, 6.07) is 2.57. The Bertz CT molecular complexity index is 342. The highest BCUT2D eigenvalue weighted by molar-refractivity contribution is 5.66. The molecule has 2 rings (SSSR count). The minimum Gasteiger partial charge on any atom is -0.481 e. The van der Waals surface area contributed by atoms with E-state index in [9.17, 15) is 4.79 Å². The molecule has 1 aliphatic carbocycles. The van der Waals surface area contributed by atoms with Crippen molar-refractivity contribution >= 4 is 5.97 Å². The molecule has 1 aromatic heterocycles. The summed E-state index contributed by atoms with van der Waals surface area (Å²) >= 11 is 0. The van der Waals surface area contributed by atoms with Gasteiger partial charge in [0.1, 0.15) is 0 Å². The number of hydrogen-bond acceptors (Lipinski definition) is 2. The average Bonchev–Trinajstić information content (AvgIpc) is 2.50. The first-order chi connectivity index (χ1) is 7.27. The zero-order valence-corrected chi connectivity index (χ0v) is 8.72. The Hall–Kier alpha value is -1.32. The van der Waals surface area contributed by atoms with Crippen LogP contribution in [0.25, 0.3) is 0 Å². The quantitative estimate of drug-likeness (QED) is 0.805. The van der Waals surface area contributed by atoms with Gasteiger partial charge in [-0.1, -0.05) is 0 Å². The fourth-order valence-corrected chi connectivity index (χ4v) is 1.92. The zero-order chi connectivity index (χ0) is 10.7. The molecule has 1 heterocycles. The molecule has 1 aromatic rings. The highest BCUT2D eigenvalue weighted by atomic mass is 16.4. The van der Waals surface area contributed by atoms with Crippen molar-refractivity contribution < 1.29 is 9.90 Å². The predicted octanol–water partition coefficient (Wildman–Crippen LogP) is 2.02. The van der Waals surface area contributed by atoms with Gasteiger partial charge in [0, 0.05) is 18.3 Å². The number of nitrogens with zero attached hydrogens (tertiary/aromatic N) is 2. The molecular formula is C11H16N2O2. The molecular weight excluding hydrogens is 192 g/mol. The minimum atomic E-state index is -0.718. The van der Waals surface area contributed by atoms with E-state index in [0.717, 1.165) is 6.42 Å².